The highest BCUT2D eigenvalue weighted by molar-refractivity contribution is 6.39. The number of hydrogen-bond donors (Lipinski definition) is 3. The van der Waals surface area contributed by atoms with Crippen LogP contribution >= 0.6 is 11.6 Å². The molecule has 2 aromatic heterocycles. The molecule has 3 heterocycles. The summed E-state index contributed by atoms with van der Waals surface area (Å²) in [5.41, 5.74) is 1.46. The second kappa shape index (κ2) is 8.30. The van der Waals surface area contributed by atoms with E-state index in [-0.39, 0.29) is 11.7 Å². The van der Waals surface area contributed by atoms with Crippen LogP contribution in [0.2, 0.25) is 0 Å². The quantitative estimate of drug-likeness (QED) is 0.681. The van der Waals surface area contributed by atoms with Crippen LogP contribution in [0.3, 0.4) is 0 Å². The standard InChI is InChI=1S/C18H20ClFN6O/c1-10(19)7-22-15-11(2)12(8-23-15)16-24-9-13(20)17(26-16)25-14-5-3-4-6-21-18(14)27/h7-9,14,23H,1,3-6H2,2H3,(H,21,27)(H,24,25,26)/b22-7-/t14-/m0/s1. The summed E-state index contributed by atoms with van der Waals surface area (Å²) in [5.74, 6) is 0.149. The molecule has 3 rings (SSSR count). The summed E-state index contributed by atoms with van der Waals surface area (Å²) < 4.78 is 14.2. The van der Waals surface area contributed by atoms with Crippen molar-refractivity contribution in [3.05, 3.63) is 35.4 Å². The van der Waals surface area contributed by atoms with Crippen molar-refractivity contribution in [2.24, 2.45) is 4.99 Å². The van der Waals surface area contributed by atoms with Crippen molar-refractivity contribution in [2.75, 3.05) is 11.9 Å². The van der Waals surface area contributed by atoms with Gasteiger partial charge in [-0.2, -0.15) is 0 Å². The first kappa shape index (κ1) is 19.0. The fraction of sp³-hybridized carbons (Fsp3) is 0.333. The smallest absolute Gasteiger partial charge is 0.242 e. The number of halogens is 2. The van der Waals surface area contributed by atoms with E-state index < -0.39 is 11.9 Å². The predicted octanol–water partition coefficient (Wildman–Crippen LogP) is 3.45. The molecule has 1 amide bonds. The molecule has 0 radical (unpaired) electrons. The first-order valence-corrected chi connectivity index (χ1v) is 8.97. The van der Waals surface area contributed by atoms with E-state index in [0.29, 0.717) is 35.2 Å². The zero-order chi connectivity index (χ0) is 19.4. The number of carbonyl (C=O) groups is 1. The van der Waals surface area contributed by atoms with Crippen molar-refractivity contribution in [2.45, 2.75) is 32.2 Å². The number of aromatic amines is 1. The number of aromatic nitrogens is 3. The molecule has 0 aromatic carbocycles. The molecule has 1 aliphatic rings. The molecular weight excluding hydrogens is 371 g/mol. The van der Waals surface area contributed by atoms with Crippen LogP contribution in [0.4, 0.5) is 16.0 Å². The number of nitrogens with zero attached hydrogens (tertiary/aromatic N) is 3. The summed E-state index contributed by atoms with van der Waals surface area (Å²) in [4.78, 5) is 27.6. The number of aliphatic imine (C=N–C) groups is 1. The van der Waals surface area contributed by atoms with E-state index in [2.05, 4.69) is 37.2 Å². The Morgan fingerprint density at radius 3 is 3.11 bits per heavy atom. The number of carbonyl (C=O) groups excluding carboxylic acids is 1. The third kappa shape index (κ3) is 4.51. The van der Waals surface area contributed by atoms with Crippen LogP contribution in [0.1, 0.15) is 24.8 Å². The van der Waals surface area contributed by atoms with Crippen molar-refractivity contribution >= 4 is 35.4 Å². The van der Waals surface area contributed by atoms with Gasteiger partial charge in [0.2, 0.25) is 5.91 Å². The minimum Gasteiger partial charge on any atom is -0.356 e. The molecule has 1 atom stereocenters. The molecule has 1 saturated heterocycles. The zero-order valence-electron chi connectivity index (χ0n) is 14.9. The molecule has 7 nitrogen and oxygen atoms in total. The summed E-state index contributed by atoms with van der Waals surface area (Å²) in [5, 5.41) is 6.02. The van der Waals surface area contributed by atoms with E-state index in [1.165, 1.54) is 6.21 Å². The van der Waals surface area contributed by atoms with Gasteiger partial charge in [0, 0.05) is 30.1 Å². The average molecular weight is 391 g/mol. The molecule has 0 spiro atoms. The summed E-state index contributed by atoms with van der Waals surface area (Å²) in [7, 11) is 0. The first-order valence-electron chi connectivity index (χ1n) is 8.59. The number of anilines is 1. The maximum atomic E-state index is 14.2. The number of hydrogen-bond acceptors (Lipinski definition) is 5. The van der Waals surface area contributed by atoms with E-state index in [1.807, 2.05) is 6.92 Å². The van der Waals surface area contributed by atoms with Crippen LogP contribution in [0.15, 0.2) is 29.0 Å². The Kier molecular flexibility index (Phi) is 5.85. The Balaban J connectivity index is 1.87. The first-order chi connectivity index (χ1) is 13.0. The number of amides is 1. The Hall–Kier alpha value is -2.74. The Bertz CT molecular complexity index is 894. The monoisotopic (exact) mass is 390 g/mol. The largest absolute Gasteiger partial charge is 0.356 e. The van der Waals surface area contributed by atoms with Gasteiger partial charge in [0.1, 0.15) is 11.9 Å². The van der Waals surface area contributed by atoms with Crippen LogP contribution in [-0.2, 0) is 4.79 Å². The molecule has 1 fully saturated rings. The van der Waals surface area contributed by atoms with Crippen LogP contribution in [0.25, 0.3) is 11.4 Å². The predicted molar refractivity (Wildman–Crippen MR) is 104 cm³/mol. The molecule has 9 heteroatoms. The normalized spacial score (nSPS) is 17.6. The van der Waals surface area contributed by atoms with Crippen LogP contribution in [-0.4, -0.2) is 39.7 Å². The third-order valence-corrected chi connectivity index (χ3v) is 4.38. The number of allylic oxidation sites excluding steroid dienone is 1. The third-order valence-electron chi connectivity index (χ3n) is 4.28. The van der Waals surface area contributed by atoms with E-state index in [4.69, 9.17) is 11.6 Å². The van der Waals surface area contributed by atoms with Crippen molar-refractivity contribution in [3.63, 3.8) is 0 Å². The molecule has 0 unspecified atom stereocenters. The number of H-pyrrole nitrogens is 1. The van der Waals surface area contributed by atoms with Gasteiger partial charge in [-0.15, -0.1) is 0 Å². The van der Waals surface area contributed by atoms with Gasteiger partial charge < -0.3 is 15.6 Å². The lowest BCUT2D eigenvalue weighted by Crippen LogP contribution is -2.38. The van der Waals surface area contributed by atoms with Gasteiger partial charge in [0.15, 0.2) is 17.5 Å². The molecule has 0 aliphatic carbocycles. The number of nitrogens with one attached hydrogen (secondary N) is 3. The fourth-order valence-electron chi connectivity index (χ4n) is 2.83. The SMILES string of the molecule is C=C(Cl)/C=N\c1[nH]cc(-c2ncc(F)c(N[C@H]3CCCCNC3=O)n2)c1C. The minimum absolute atomic E-state index is 0.00170. The van der Waals surface area contributed by atoms with Gasteiger partial charge in [-0.3, -0.25) is 4.79 Å². The fourth-order valence-corrected chi connectivity index (χ4v) is 2.87. The Labute approximate surface area is 161 Å². The highest BCUT2D eigenvalue weighted by Crippen LogP contribution is 2.29. The Morgan fingerprint density at radius 2 is 2.33 bits per heavy atom. The lowest BCUT2D eigenvalue weighted by molar-refractivity contribution is -0.121. The van der Waals surface area contributed by atoms with Crippen LogP contribution in [0, 0.1) is 12.7 Å². The summed E-state index contributed by atoms with van der Waals surface area (Å²) in [6, 6.07) is -0.521. The van der Waals surface area contributed by atoms with Gasteiger partial charge in [0.05, 0.1) is 11.2 Å². The molecular formula is C18H20ClFN6O. The molecule has 0 saturated carbocycles. The lowest BCUT2D eigenvalue weighted by atomic mass is 10.1. The minimum atomic E-state index is -0.610. The topological polar surface area (TPSA) is 95.1 Å². The van der Waals surface area contributed by atoms with Crippen molar-refractivity contribution in [3.8, 4) is 11.4 Å². The summed E-state index contributed by atoms with van der Waals surface area (Å²) >= 11 is 5.69. The summed E-state index contributed by atoms with van der Waals surface area (Å²) in [6.07, 6.45) is 6.61. The lowest BCUT2D eigenvalue weighted by Gasteiger charge is -2.16. The molecule has 2 aromatic rings. The second-order valence-electron chi connectivity index (χ2n) is 6.25. The molecule has 142 valence electrons. The average Bonchev–Trinajstić information content (AvgIpc) is 2.88. The van der Waals surface area contributed by atoms with Crippen molar-refractivity contribution in [1.29, 1.82) is 0 Å². The maximum Gasteiger partial charge on any atom is 0.242 e. The highest BCUT2D eigenvalue weighted by atomic mass is 35.5. The number of rotatable bonds is 5. The Morgan fingerprint density at radius 1 is 1.52 bits per heavy atom. The van der Waals surface area contributed by atoms with E-state index >= 15 is 0 Å². The van der Waals surface area contributed by atoms with Gasteiger partial charge in [0.25, 0.3) is 0 Å². The van der Waals surface area contributed by atoms with Gasteiger partial charge >= 0.3 is 0 Å². The molecule has 1 aliphatic heterocycles. The van der Waals surface area contributed by atoms with Crippen LogP contribution < -0.4 is 10.6 Å². The molecule has 0 bridgehead atoms. The molecule has 27 heavy (non-hydrogen) atoms. The van der Waals surface area contributed by atoms with Gasteiger partial charge in [-0.05, 0) is 26.2 Å². The van der Waals surface area contributed by atoms with Gasteiger partial charge in [-0.1, -0.05) is 18.2 Å². The maximum absolute atomic E-state index is 14.2. The van der Waals surface area contributed by atoms with E-state index in [9.17, 15) is 9.18 Å². The van der Waals surface area contributed by atoms with E-state index in [0.717, 1.165) is 24.6 Å². The van der Waals surface area contributed by atoms with E-state index in [1.54, 1.807) is 6.20 Å². The zero-order valence-corrected chi connectivity index (χ0v) is 15.6. The van der Waals surface area contributed by atoms with Crippen molar-refractivity contribution < 1.29 is 9.18 Å². The molecule has 3 N–H and O–H groups in total. The second-order valence-corrected chi connectivity index (χ2v) is 6.74. The highest BCUT2D eigenvalue weighted by Gasteiger charge is 2.23. The van der Waals surface area contributed by atoms with Crippen molar-refractivity contribution in [1.82, 2.24) is 20.3 Å². The summed E-state index contributed by atoms with van der Waals surface area (Å²) in [6.45, 7) is 6.02. The van der Waals surface area contributed by atoms with Crippen LogP contribution in [0.5, 0.6) is 0 Å². The van der Waals surface area contributed by atoms with Gasteiger partial charge in [-0.25, -0.2) is 19.4 Å².